The Morgan fingerprint density at radius 2 is 2.23 bits per heavy atom. The molecule has 1 fully saturated rings. The summed E-state index contributed by atoms with van der Waals surface area (Å²) in [6.07, 6.45) is 2.24. The average molecular weight is 318 g/mol. The molecule has 1 aliphatic heterocycles. The van der Waals surface area contributed by atoms with Crippen molar-refractivity contribution in [2.75, 3.05) is 6.61 Å². The molecule has 2 aromatic rings. The van der Waals surface area contributed by atoms with Crippen molar-refractivity contribution in [1.82, 2.24) is 10.3 Å². The van der Waals surface area contributed by atoms with Gasteiger partial charge in [0.25, 0.3) is 5.91 Å². The van der Waals surface area contributed by atoms with Crippen molar-refractivity contribution in [3.05, 3.63) is 27.8 Å². The van der Waals surface area contributed by atoms with E-state index in [-0.39, 0.29) is 18.1 Å². The van der Waals surface area contributed by atoms with Gasteiger partial charge in [-0.25, -0.2) is 4.98 Å². The maximum Gasteiger partial charge on any atom is 0.262 e. The van der Waals surface area contributed by atoms with Crippen LogP contribution in [0.2, 0.25) is 0 Å². The minimum absolute atomic E-state index is 0.0134. The fourth-order valence-corrected chi connectivity index (χ4v) is 4.40. The Morgan fingerprint density at radius 1 is 1.45 bits per heavy atom. The quantitative estimate of drug-likeness (QED) is 0.942. The fourth-order valence-electron chi connectivity index (χ4n) is 3.20. The molecule has 3 heterocycles. The molecule has 0 aliphatic carbocycles. The summed E-state index contributed by atoms with van der Waals surface area (Å²) in [6, 6.07) is 2.11. The van der Waals surface area contributed by atoms with Crippen molar-refractivity contribution in [2.24, 2.45) is 0 Å². The maximum atomic E-state index is 12.6. The first-order chi connectivity index (χ1) is 10.5. The number of aryl methyl sites for hydroxylation is 3. The first-order valence-corrected chi connectivity index (χ1v) is 8.59. The van der Waals surface area contributed by atoms with E-state index in [1.54, 1.807) is 0 Å². The zero-order valence-corrected chi connectivity index (χ0v) is 14.3. The molecule has 5 heteroatoms. The van der Waals surface area contributed by atoms with E-state index in [1.165, 1.54) is 16.9 Å². The van der Waals surface area contributed by atoms with Crippen molar-refractivity contribution in [2.45, 2.75) is 52.7 Å². The fraction of sp³-hybridized carbons (Fsp3) is 0.529. The summed E-state index contributed by atoms with van der Waals surface area (Å²) < 4.78 is 5.65. The molecule has 0 radical (unpaired) electrons. The van der Waals surface area contributed by atoms with Crippen LogP contribution in [0.15, 0.2) is 6.07 Å². The lowest BCUT2D eigenvalue weighted by molar-refractivity contribution is 0.0714. The van der Waals surface area contributed by atoms with Gasteiger partial charge in [0.05, 0.1) is 17.0 Å². The molecule has 0 saturated carbocycles. The van der Waals surface area contributed by atoms with Gasteiger partial charge in [0.15, 0.2) is 0 Å². The van der Waals surface area contributed by atoms with Gasteiger partial charge in [0, 0.05) is 17.7 Å². The summed E-state index contributed by atoms with van der Waals surface area (Å²) in [6.45, 7) is 8.89. The van der Waals surface area contributed by atoms with Crippen molar-refractivity contribution >= 4 is 27.5 Å². The minimum Gasteiger partial charge on any atom is -0.376 e. The molecule has 2 aromatic heterocycles. The van der Waals surface area contributed by atoms with Crippen molar-refractivity contribution in [1.29, 1.82) is 0 Å². The van der Waals surface area contributed by atoms with Crippen molar-refractivity contribution < 1.29 is 9.53 Å². The Labute approximate surface area is 134 Å². The first kappa shape index (κ1) is 15.4. The van der Waals surface area contributed by atoms with Crippen molar-refractivity contribution in [3.63, 3.8) is 0 Å². The van der Waals surface area contributed by atoms with Crippen molar-refractivity contribution in [3.8, 4) is 0 Å². The Kier molecular flexibility index (Phi) is 4.19. The predicted molar refractivity (Wildman–Crippen MR) is 89.7 cm³/mol. The molecule has 2 unspecified atom stereocenters. The van der Waals surface area contributed by atoms with E-state index in [0.29, 0.717) is 0 Å². The SMILES string of the molecule is Cc1cc(C)c2c(C)c(C(=O)NC(C)C3CCCO3)sc2n1. The molecule has 0 aromatic carbocycles. The minimum atomic E-state index is -0.0134. The van der Waals surface area contributed by atoms with Gasteiger partial charge in [-0.2, -0.15) is 0 Å². The van der Waals surface area contributed by atoms with Crippen LogP contribution in [-0.4, -0.2) is 29.6 Å². The van der Waals surface area contributed by atoms with Gasteiger partial charge in [-0.15, -0.1) is 11.3 Å². The van der Waals surface area contributed by atoms with Crippen LogP contribution in [-0.2, 0) is 4.74 Å². The van der Waals surface area contributed by atoms with Gasteiger partial charge in [-0.05, 0) is 57.7 Å². The number of nitrogens with one attached hydrogen (secondary N) is 1. The highest BCUT2D eigenvalue weighted by Crippen LogP contribution is 2.32. The third-order valence-electron chi connectivity index (χ3n) is 4.31. The number of hydrogen-bond acceptors (Lipinski definition) is 4. The van der Waals surface area contributed by atoms with E-state index in [0.717, 1.165) is 45.8 Å². The second-order valence-corrected chi connectivity index (χ2v) is 7.13. The van der Waals surface area contributed by atoms with Gasteiger partial charge in [0.2, 0.25) is 0 Å². The number of carbonyl (C=O) groups is 1. The van der Waals surface area contributed by atoms with E-state index in [9.17, 15) is 4.79 Å². The van der Waals surface area contributed by atoms with Crippen LogP contribution < -0.4 is 5.32 Å². The normalized spacial score (nSPS) is 19.5. The molecular weight excluding hydrogens is 296 g/mol. The second-order valence-electron chi connectivity index (χ2n) is 6.13. The van der Waals surface area contributed by atoms with Crippen LogP contribution >= 0.6 is 11.3 Å². The predicted octanol–water partition coefficient (Wildman–Crippen LogP) is 3.52. The standard InChI is InChI=1S/C17H22N2O2S/c1-9-8-10(2)18-17-14(9)11(3)15(22-17)16(20)19-12(4)13-6-5-7-21-13/h8,12-13H,5-7H2,1-4H3,(H,19,20). The zero-order valence-electron chi connectivity index (χ0n) is 13.5. The molecular formula is C17H22N2O2S. The Balaban J connectivity index is 1.87. The van der Waals surface area contributed by atoms with Crippen LogP contribution in [0.3, 0.4) is 0 Å². The molecule has 1 aliphatic rings. The summed E-state index contributed by atoms with van der Waals surface area (Å²) in [7, 11) is 0. The molecule has 4 nitrogen and oxygen atoms in total. The molecule has 1 saturated heterocycles. The number of pyridine rings is 1. The van der Waals surface area contributed by atoms with Crippen LogP contribution in [0.1, 0.15) is 46.3 Å². The number of ether oxygens (including phenoxy) is 1. The number of fused-ring (bicyclic) bond motifs is 1. The Hall–Kier alpha value is -1.46. The van der Waals surface area contributed by atoms with E-state index in [2.05, 4.69) is 23.3 Å². The van der Waals surface area contributed by atoms with Crippen LogP contribution in [0.4, 0.5) is 0 Å². The third-order valence-corrected chi connectivity index (χ3v) is 5.50. The molecule has 0 bridgehead atoms. The van der Waals surface area contributed by atoms with Crippen LogP contribution in [0.25, 0.3) is 10.2 Å². The highest BCUT2D eigenvalue weighted by atomic mass is 32.1. The molecule has 1 N–H and O–H groups in total. The lowest BCUT2D eigenvalue weighted by atomic mass is 10.1. The topological polar surface area (TPSA) is 51.2 Å². The lowest BCUT2D eigenvalue weighted by Gasteiger charge is -2.19. The average Bonchev–Trinajstić information content (AvgIpc) is 3.06. The molecule has 0 spiro atoms. The summed E-state index contributed by atoms with van der Waals surface area (Å²) in [5, 5.41) is 4.21. The summed E-state index contributed by atoms with van der Waals surface area (Å²) in [5.74, 6) is -0.0134. The summed E-state index contributed by atoms with van der Waals surface area (Å²) in [4.78, 5) is 18.9. The maximum absolute atomic E-state index is 12.6. The molecule has 1 amide bonds. The van der Waals surface area contributed by atoms with Gasteiger partial charge in [-0.1, -0.05) is 0 Å². The number of rotatable bonds is 3. The Bertz CT molecular complexity index is 717. The van der Waals surface area contributed by atoms with E-state index in [1.807, 2.05) is 20.8 Å². The van der Waals surface area contributed by atoms with E-state index in [4.69, 9.17) is 4.74 Å². The smallest absolute Gasteiger partial charge is 0.262 e. The number of carbonyl (C=O) groups excluding carboxylic acids is 1. The molecule has 2 atom stereocenters. The summed E-state index contributed by atoms with van der Waals surface area (Å²) >= 11 is 1.48. The van der Waals surface area contributed by atoms with E-state index >= 15 is 0 Å². The molecule has 3 rings (SSSR count). The monoisotopic (exact) mass is 318 g/mol. The van der Waals surface area contributed by atoms with Gasteiger partial charge < -0.3 is 10.1 Å². The van der Waals surface area contributed by atoms with Gasteiger partial charge >= 0.3 is 0 Å². The van der Waals surface area contributed by atoms with Crippen LogP contribution in [0.5, 0.6) is 0 Å². The first-order valence-electron chi connectivity index (χ1n) is 7.77. The third kappa shape index (κ3) is 2.75. The number of thiophene rings is 1. The van der Waals surface area contributed by atoms with Gasteiger partial charge in [0.1, 0.15) is 4.83 Å². The summed E-state index contributed by atoms with van der Waals surface area (Å²) in [5.41, 5.74) is 3.20. The van der Waals surface area contributed by atoms with Gasteiger partial charge in [-0.3, -0.25) is 4.79 Å². The van der Waals surface area contributed by atoms with E-state index < -0.39 is 0 Å². The highest BCUT2D eigenvalue weighted by Gasteiger charge is 2.25. The number of aromatic nitrogens is 1. The zero-order chi connectivity index (χ0) is 15.9. The van der Waals surface area contributed by atoms with Crippen LogP contribution in [0, 0.1) is 20.8 Å². The Morgan fingerprint density at radius 3 is 2.91 bits per heavy atom. The number of hydrogen-bond donors (Lipinski definition) is 1. The highest BCUT2D eigenvalue weighted by molar-refractivity contribution is 7.20. The second kappa shape index (κ2) is 5.97. The molecule has 22 heavy (non-hydrogen) atoms. The number of amides is 1. The number of nitrogens with zero attached hydrogens (tertiary/aromatic N) is 1. The largest absolute Gasteiger partial charge is 0.376 e. The molecule has 118 valence electrons. The lowest BCUT2D eigenvalue weighted by Crippen LogP contribution is -2.40.